The molecule has 1 saturated heterocycles. The summed E-state index contributed by atoms with van der Waals surface area (Å²) in [4.78, 5) is 25.0. The first-order valence-corrected chi connectivity index (χ1v) is 11.1. The fourth-order valence-electron chi connectivity index (χ4n) is 2.78. The van der Waals surface area contributed by atoms with E-state index < -0.39 is 9.84 Å². The quantitative estimate of drug-likeness (QED) is 0.463. The van der Waals surface area contributed by atoms with E-state index in [1.165, 1.54) is 11.1 Å². The lowest BCUT2D eigenvalue weighted by atomic mass is 10.1. The van der Waals surface area contributed by atoms with E-state index >= 15 is 0 Å². The second kappa shape index (κ2) is 10.2. The van der Waals surface area contributed by atoms with Crippen molar-refractivity contribution < 1.29 is 27.5 Å². The van der Waals surface area contributed by atoms with Crippen molar-refractivity contribution in [3.8, 4) is 11.5 Å². The summed E-state index contributed by atoms with van der Waals surface area (Å²) in [6, 6.07) is 5.08. The number of amides is 2. The first-order chi connectivity index (χ1) is 13.7. The molecule has 1 heterocycles. The maximum absolute atomic E-state index is 11.9. The average molecular weight is 426 g/mol. The molecule has 0 aromatic heterocycles. The molecule has 0 bridgehead atoms. The van der Waals surface area contributed by atoms with Crippen LogP contribution in [0.4, 0.5) is 0 Å². The Morgan fingerprint density at radius 3 is 2.66 bits per heavy atom. The van der Waals surface area contributed by atoms with Crippen LogP contribution in [0, 0.1) is 5.92 Å². The number of carbonyl (C=O) groups is 2. The molecule has 160 valence electrons. The molecule has 0 unspecified atom stereocenters. The van der Waals surface area contributed by atoms with E-state index in [1.807, 2.05) is 6.92 Å². The topological polar surface area (TPSA) is 114 Å². The van der Waals surface area contributed by atoms with Crippen LogP contribution >= 0.6 is 0 Å². The Hall–Kier alpha value is -2.62. The molecule has 0 aliphatic carbocycles. The number of rotatable bonds is 9. The normalized spacial score (nSPS) is 17.8. The lowest BCUT2D eigenvalue weighted by molar-refractivity contribution is -0.130. The molecule has 1 aromatic carbocycles. The van der Waals surface area contributed by atoms with Crippen LogP contribution in [0.25, 0.3) is 0 Å². The van der Waals surface area contributed by atoms with Gasteiger partial charge in [-0.1, -0.05) is 0 Å². The Morgan fingerprint density at radius 2 is 2.03 bits per heavy atom. The summed E-state index contributed by atoms with van der Waals surface area (Å²) in [5.74, 6) is 0.450. The minimum atomic E-state index is -3.00. The highest BCUT2D eigenvalue weighted by Crippen LogP contribution is 2.28. The number of benzene rings is 1. The summed E-state index contributed by atoms with van der Waals surface area (Å²) in [5, 5.41) is 3.92. The number of hydrogen-bond donors (Lipinski definition) is 1. The second-order valence-electron chi connectivity index (χ2n) is 6.98. The number of nitrogens with one attached hydrogen (secondary N) is 1. The van der Waals surface area contributed by atoms with Gasteiger partial charge in [-0.3, -0.25) is 9.59 Å². The van der Waals surface area contributed by atoms with Gasteiger partial charge in [0.25, 0.3) is 5.91 Å². The molecule has 29 heavy (non-hydrogen) atoms. The monoisotopic (exact) mass is 425 g/mol. The zero-order valence-electron chi connectivity index (χ0n) is 16.9. The van der Waals surface area contributed by atoms with Gasteiger partial charge in [-0.15, -0.1) is 0 Å². The van der Waals surface area contributed by atoms with Gasteiger partial charge in [0.15, 0.2) is 27.9 Å². The van der Waals surface area contributed by atoms with Crippen molar-refractivity contribution in [1.82, 2.24) is 10.3 Å². The van der Waals surface area contributed by atoms with E-state index in [0.29, 0.717) is 30.1 Å². The van der Waals surface area contributed by atoms with E-state index in [2.05, 4.69) is 10.5 Å². The van der Waals surface area contributed by atoms with Crippen molar-refractivity contribution in [3.05, 3.63) is 23.8 Å². The Bertz CT molecular complexity index is 867. The highest BCUT2D eigenvalue weighted by molar-refractivity contribution is 7.91. The summed E-state index contributed by atoms with van der Waals surface area (Å²) in [7, 11) is 0.293. The minimum Gasteiger partial charge on any atom is -0.490 e. The standard InChI is InChI=1S/C19H27N3O6S/c1-4-27-17-9-14(5-6-16(17)28-12-19(24)22(2)3)11-20-21-18(23)10-15-7-8-29(25,26)13-15/h5-6,9,11,15H,4,7-8,10,12-13H2,1-3H3,(H,21,23)/b20-11-/t15-/m1/s1. The molecule has 9 nitrogen and oxygen atoms in total. The highest BCUT2D eigenvalue weighted by atomic mass is 32.2. The maximum atomic E-state index is 11.9. The molecule has 2 amide bonds. The van der Waals surface area contributed by atoms with Gasteiger partial charge in [0.2, 0.25) is 5.91 Å². The molecule has 1 aromatic rings. The Morgan fingerprint density at radius 1 is 1.28 bits per heavy atom. The molecule has 1 aliphatic heterocycles. The summed E-state index contributed by atoms with van der Waals surface area (Å²) in [6.07, 6.45) is 2.10. The Balaban J connectivity index is 1.93. The van der Waals surface area contributed by atoms with Crippen molar-refractivity contribution >= 4 is 27.9 Å². The van der Waals surface area contributed by atoms with Crippen LogP contribution in [-0.2, 0) is 19.4 Å². The summed E-state index contributed by atoms with van der Waals surface area (Å²) < 4.78 is 34.0. The number of sulfone groups is 1. The second-order valence-corrected chi connectivity index (χ2v) is 9.21. The zero-order valence-corrected chi connectivity index (χ0v) is 17.7. The zero-order chi connectivity index (χ0) is 21.4. The summed E-state index contributed by atoms with van der Waals surface area (Å²) in [5.41, 5.74) is 3.09. The molecule has 0 radical (unpaired) electrons. The highest BCUT2D eigenvalue weighted by Gasteiger charge is 2.29. The molecule has 1 aliphatic rings. The predicted octanol–water partition coefficient (Wildman–Crippen LogP) is 0.827. The third kappa shape index (κ3) is 7.37. The first kappa shape index (κ1) is 22.7. The van der Waals surface area contributed by atoms with Gasteiger partial charge in [0.1, 0.15) is 0 Å². The van der Waals surface area contributed by atoms with Crippen molar-refractivity contribution in [2.75, 3.05) is 38.8 Å². The minimum absolute atomic E-state index is 0.0552. The van der Waals surface area contributed by atoms with Gasteiger partial charge in [-0.2, -0.15) is 5.10 Å². The number of ether oxygens (including phenoxy) is 2. The van der Waals surface area contributed by atoms with Crippen LogP contribution in [0.15, 0.2) is 23.3 Å². The van der Waals surface area contributed by atoms with E-state index in [4.69, 9.17) is 9.47 Å². The molecule has 1 fully saturated rings. The predicted molar refractivity (Wildman–Crippen MR) is 109 cm³/mol. The Kier molecular flexibility index (Phi) is 8.00. The molecule has 0 saturated carbocycles. The van der Waals surface area contributed by atoms with E-state index in [1.54, 1.807) is 32.3 Å². The van der Waals surface area contributed by atoms with Crippen molar-refractivity contribution in [2.45, 2.75) is 19.8 Å². The van der Waals surface area contributed by atoms with Gasteiger partial charge in [-0.05, 0) is 43.0 Å². The number of hydrogen-bond acceptors (Lipinski definition) is 7. The van der Waals surface area contributed by atoms with Crippen LogP contribution in [-0.4, -0.2) is 70.2 Å². The summed E-state index contributed by atoms with van der Waals surface area (Å²) in [6.45, 7) is 2.14. The van der Waals surface area contributed by atoms with Crippen LogP contribution in [0.3, 0.4) is 0 Å². The van der Waals surface area contributed by atoms with Crippen molar-refractivity contribution in [1.29, 1.82) is 0 Å². The largest absolute Gasteiger partial charge is 0.490 e. The number of nitrogens with zero attached hydrogens (tertiary/aromatic N) is 2. The lowest BCUT2D eigenvalue weighted by Gasteiger charge is -2.14. The molecule has 1 N–H and O–H groups in total. The Labute approximate surface area is 171 Å². The van der Waals surface area contributed by atoms with Crippen LogP contribution in [0.1, 0.15) is 25.3 Å². The van der Waals surface area contributed by atoms with Crippen molar-refractivity contribution in [2.24, 2.45) is 11.0 Å². The van der Waals surface area contributed by atoms with Gasteiger partial charge in [0.05, 0.1) is 24.3 Å². The third-order valence-electron chi connectivity index (χ3n) is 4.32. The number of hydrazone groups is 1. The SMILES string of the molecule is CCOc1cc(/C=N\NC(=O)C[C@H]2CCS(=O)(=O)C2)ccc1OCC(=O)N(C)C. The lowest BCUT2D eigenvalue weighted by Crippen LogP contribution is -2.27. The van der Waals surface area contributed by atoms with Gasteiger partial charge in [-0.25, -0.2) is 13.8 Å². The van der Waals surface area contributed by atoms with Crippen LogP contribution in [0.2, 0.25) is 0 Å². The molecule has 2 rings (SSSR count). The number of carbonyl (C=O) groups excluding carboxylic acids is 2. The van der Waals surface area contributed by atoms with E-state index in [-0.39, 0.29) is 42.3 Å². The molecule has 10 heteroatoms. The fourth-order valence-corrected chi connectivity index (χ4v) is 4.64. The first-order valence-electron chi connectivity index (χ1n) is 9.32. The van der Waals surface area contributed by atoms with E-state index in [0.717, 1.165) is 0 Å². The van der Waals surface area contributed by atoms with Crippen LogP contribution in [0.5, 0.6) is 11.5 Å². The molecule has 1 atom stereocenters. The fraction of sp³-hybridized carbons (Fsp3) is 0.526. The van der Waals surface area contributed by atoms with Gasteiger partial charge >= 0.3 is 0 Å². The number of likely N-dealkylation sites (N-methyl/N-ethyl adjacent to an activating group) is 1. The average Bonchev–Trinajstić information content (AvgIpc) is 2.99. The van der Waals surface area contributed by atoms with Gasteiger partial charge < -0.3 is 14.4 Å². The molecular weight excluding hydrogens is 398 g/mol. The molecule has 0 spiro atoms. The van der Waals surface area contributed by atoms with E-state index in [9.17, 15) is 18.0 Å². The van der Waals surface area contributed by atoms with Crippen LogP contribution < -0.4 is 14.9 Å². The smallest absolute Gasteiger partial charge is 0.259 e. The maximum Gasteiger partial charge on any atom is 0.259 e. The van der Waals surface area contributed by atoms with Crippen molar-refractivity contribution in [3.63, 3.8) is 0 Å². The summed E-state index contributed by atoms with van der Waals surface area (Å²) >= 11 is 0. The molecular formula is C19H27N3O6S. The van der Waals surface area contributed by atoms with Gasteiger partial charge in [0, 0.05) is 20.5 Å². The third-order valence-corrected chi connectivity index (χ3v) is 6.16.